The van der Waals surface area contributed by atoms with E-state index in [1.54, 1.807) is 16.9 Å². The fraction of sp³-hybridized carbons (Fsp3) is 0.480. The van der Waals surface area contributed by atoms with Gasteiger partial charge in [-0.15, -0.1) is 0 Å². The van der Waals surface area contributed by atoms with Gasteiger partial charge in [0.25, 0.3) is 5.56 Å². The molecule has 2 aliphatic heterocycles. The van der Waals surface area contributed by atoms with Gasteiger partial charge in [-0.2, -0.15) is 0 Å². The van der Waals surface area contributed by atoms with Crippen molar-refractivity contribution in [3.63, 3.8) is 0 Å². The molecule has 0 radical (unpaired) electrons. The lowest BCUT2D eigenvalue weighted by atomic mass is 9.78. The topological polar surface area (TPSA) is 84.6 Å². The van der Waals surface area contributed by atoms with E-state index in [9.17, 15) is 14.4 Å². The van der Waals surface area contributed by atoms with E-state index in [1.807, 2.05) is 36.9 Å². The molecule has 7 heteroatoms. The van der Waals surface area contributed by atoms with E-state index in [1.165, 1.54) is 11.6 Å². The van der Waals surface area contributed by atoms with Crippen molar-refractivity contribution in [1.82, 2.24) is 14.8 Å². The molecule has 4 rings (SSSR count). The second-order valence-corrected chi connectivity index (χ2v) is 9.04. The van der Waals surface area contributed by atoms with Crippen LogP contribution in [0, 0.1) is 5.92 Å². The Morgan fingerprint density at radius 1 is 1.19 bits per heavy atom. The summed E-state index contributed by atoms with van der Waals surface area (Å²) >= 11 is 0. The zero-order valence-corrected chi connectivity index (χ0v) is 18.8. The number of furan rings is 1. The molecule has 7 nitrogen and oxygen atoms in total. The van der Waals surface area contributed by atoms with Crippen LogP contribution in [0.4, 0.5) is 0 Å². The molecule has 4 heterocycles. The molecule has 32 heavy (non-hydrogen) atoms. The number of aromatic nitrogens is 1. The number of piperidine rings is 1. The van der Waals surface area contributed by atoms with Crippen LogP contribution in [-0.2, 0) is 16.0 Å². The van der Waals surface area contributed by atoms with Crippen molar-refractivity contribution in [2.45, 2.75) is 51.5 Å². The highest BCUT2D eigenvalue weighted by Gasteiger charge is 2.44. The average Bonchev–Trinajstić information content (AvgIpc) is 3.27. The average molecular weight is 438 g/mol. The quantitative estimate of drug-likeness (QED) is 0.675. The first-order valence-electron chi connectivity index (χ1n) is 11.4. The number of carbonyl (C=O) groups excluding carboxylic acids is 2. The maximum atomic E-state index is 13.3. The van der Waals surface area contributed by atoms with E-state index in [2.05, 4.69) is 11.4 Å². The Labute approximate surface area is 188 Å². The summed E-state index contributed by atoms with van der Waals surface area (Å²) in [5.41, 5.74) is 1.89. The van der Waals surface area contributed by atoms with Crippen LogP contribution in [0.5, 0.6) is 0 Å². The summed E-state index contributed by atoms with van der Waals surface area (Å²) in [6, 6.07) is 8.25. The highest BCUT2D eigenvalue weighted by atomic mass is 16.3. The van der Waals surface area contributed by atoms with Crippen LogP contribution in [0.3, 0.4) is 0 Å². The number of nitrogens with one attached hydrogen (secondary N) is 1. The molecule has 0 unspecified atom stereocenters. The maximum Gasteiger partial charge on any atom is 0.251 e. The first kappa shape index (κ1) is 22.1. The van der Waals surface area contributed by atoms with E-state index in [0.717, 1.165) is 24.3 Å². The molecular weight excluding hydrogens is 406 g/mol. The molecule has 3 atom stereocenters. The van der Waals surface area contributed by atoms with E-state index in [-0.39, 0.29) is 29.2 Å². The van der Waals surface area contributed by atoms with Crippen molar-refractivity contribution in [3.05, 3.63) is 70.1 Å². The highest BCUT2D eigenvalue weighted by molar-refractivity contribution is 5.82. The number of likely N-dealkylation sites (tertiary alicyclic amines) is 1. The Kier molecular flexibility index (Phi) is 6.63. The number of hydrogen-bond acceptors (Lipinski definition) is 4. The van der Waals surface area contributed by atoms with Gasteiger partial charge in [-0.25, -0.2) is 0 Å². The fourth-order valence-electron chi connectivity index (χ4n) is 4.99. The molecule has 0 saturated carbocycles. The molecule has 0 aromatic carbocycles. The first-order chi connectivity index (χ1) is 15.4. The number of rotatable bonds is 7. The van der Waals surface area contributed by atoms with Crippen LogP contribution in [0.25, 0.3) is 0 Å². The SMILES string of the molecule is CC(C)=CCCC(=O)N1C[C@H]2C[C@@H](C1)[C@H](C(=O)NCCc1ccco1)n1c2cccc1=O. The standard InChI is InChI=1S/C25H31N3O4/c1-17(2)6-3-9-22(29)27-15-18-14-19(16-27)24(28-21(18)8-4-10-23(28)30)25(31)26-12-11-20-7-5-13-32-20/h4-8,10,13,18-19,24H,3,9,11-12,14-16H2,1-2H3,(H,26,31)/t18-,19+,24-/m1/s1. The zero-order chi connectivity index (χ0) is 22.7. The lowest BCUT2D eigenvalue weighted by Crippen LogP contribution is -2.54. The molecule has 1 saturated heterocycles. The van der Waals surface area contributed by atoms with Gasteiger partial charge in [-0.05, 0) is 44.9 Å². The third-order valence-corrected chi connectivity index (χ3v) is 6.43. The van der Waals surface area contributed by atoms with Gasteiger partial charge in [0.15, 0.2) is 0 Å². The summed E-state index contributed by atoms with van der Waals surface area (Å²) in [5, 5.41) is 2.98. The smallest absolute Gasteiger partial charge is 0.251 e. The van der Waals surface area contributed by atoms with Crippen LogP contribution >= 0.6 is 0 Å². The largest absolute Gasteiger partial charge is 0.469 e. The monoisotopic (exact) mass is 437 g/mol. The summed E-state index contributed by atoms with van der Waals surface area (Å²) in [5.74, 6) is 0.728. The minimum absolute atomic E-state index is 0.0715. The molecule has 2 bridgehead atoms. The van der Waals surface area contributed by atoms with Crippen LogP contribution in [0.2, 0.25) is 0 Å². The number of amides is 2. The zero-order valence-electron chi connectivity index (χ0n) is 18.8. The fourth-order valence-corrected chi connectivity index (χ4v) is 4.99. The second-order valence-electron chi connectivity index (χ2n) is 9.04. The lowest BCUT2D eigenvalue weighted by molar-refractivity contribution is -0.137. The van der Waals surface area contributed by atoms with E-state index in [0.29, 0.717) is 32.5 Å². The van der Waals surface area contributed by atoms with Crippen molar-refractivity contribution < 1.29 is 14.0 Å². The van der Waals surface area contributed by atoms with Gasteiger partial charge in [0.1, 0.15) is 11.8 Å². The Morgan fingerprint density at radius 2 is 2.03 bits per heavy atom. The number of hydrogen-bond donors (Lipinski definition) is 1. The summed E-state index contributed by atoms with van der Waals surface area (Å²) in [6.07, 6.45) is 6.26. The van der Waals surface area contributed by atoms with Crippen molar-refractivity contribution >= 4 is 11.8 Å². The van der Waals surface area contributed by atoms with Gasteiger partial charge in [0, 0.05) is 56.1 Å². The number of allylic oxidation sites excluding steroid dienone is 2. The molecule has 1 N–H and O–H groups in total. The van der Waals surface area contributed by atoms with Crippen LogP contribution in [0.15, 0.2) is 57.5 Å². The van der Waals surface area contributed by atoms with Gasteiger partial charge >= 0.3 is 0 Å². The van der Waals surface area contributed by atoms with Gasteiger partial charge in [0.2, 0.25) is 11.8 Å². The highest BCUT2D eigenvalue weighted by Crippen LogP contribution is 2.41. The summed E-state index contributed by atoms with van der Waals surface area (Å²) in [4.78, 5) is 40.8. The molecule has 2 aliphatic rings. The Hall–Kier alpha value is -3.09. The van der Waals surface area contributed by atoms with Gasteiger partial charge in [-0.1, -0.05) is 17.7 Å². The minimum Gasteiger partial charge on any atom is -0.469 e. The number of pyridine rings is 1. The minimum atomic E-state index is -0.611. The van der Waals surface area contributed by atoms with Crippen LogP contribution in [0.1, 0.15) is 56.5 Å². The van der Waals surface area contributed by atoms with Gasteiger partial charge < -0.3 is 14.6 Å². The van der Waals surface area contributed by atoms with Crippen molar-refractivity contribution in [1.29, 1.82) is 0 Å². The molecule has 2 amide bonds. The predicted octanol–water partition coefficient (Wildman–Crippen LogP) is 3.03. The summed E-state index contributed by atoms with van der Waals surface area (Å²) in [7, 11) is 0. The molecule has 2 aromatic rings. The number of carbonyl (C=O) groups is 2. The maximum absolute atomic E-state index is 13.3. The molecule has 0 spiro atoms. The third kappa shape index (κ3) is 4.71. The first-order valence-corrected chi connectivity index (χ1v) is 11.4. The van der Waals surface area contributed by atoms with Crippen molar-refractivity contribution in [2.75, 3.05) is 19.6 Å². The van der Waals surface area contributed by atoms with Crippen molar-refractivity contribution in [2.24, 2.45) is 5.92 Å². The van der Waals surface area contributed by atoms with E-state index < -0.39 is 6.04 Å². The second kappa shape index (κ2) is 9.59. The molecular formula is C25H31N3O4. The Bertz CT molecular complexity index is 1050. The lowest BCUT2D eigenvalue weighted by Gasteiger charge is -2.46. The van der Waals surface area contributed by atoms with Crippen LogP contribution in [-0.4, -0.2) is 40.9 Å². The number of fused-ring (bicyclic) bond motifs is 4. The molecule has 0 aliphatic carbocycles. The third-order valence-electron chi connectivity index (χ3n) is 6.43. The van der Waals surface area contributed by atoms with E-state index >= 15 is 0 Å². The molecule has 2 aromatic heterocycles. The predicted molar refractivity (Wildman–Crippen MR) is 121 cm³/mol. The normalized spacial score (nSPS) is 21.6. The molecule has 170 valence electrons. The Balaban J connectivity index is 1.52. The summed E-state index contributed by atoms with van der Waals surface area (Å²) < 4.78 is 6.99. The van der Waals surface area contributed by atoms with Gasteiger partial charge in [-0.3, -0.25) is 19.0 Å². The van der Waals surface area contributed by atoms with Crippen molar-refractivity contribution in [3.8, 4) is 0 Å². The molecule has 1 fully saturated rings. The van der Waals surface area contributed by atoms with Crippen LogP contribution < -0.4 is 10.9 Å². The summed E-state index contributed by atoms with van der Waals surface area (Å²) in [6.45, 7) is 5.59. The van der Waals surface area contributed by atoms with Gasteiger partial charge in [0.05, 0.1) is 6.26 Å². The Morgan fingerprint density at radius 3 is 2.78 bits per heavy atom. The number of nitrogens with zero attached hydrogens (tertiary/aromatic N) is 2. The van der Waals surface area contributed by atoms with E-state index in [4.69, 9.17) is 4.42 Å².